The number of esters is 2. The second kappa shape index (κ2) is 24.2. The van der Waals surface area contributed by atoms with Crippen LogP contribution in [0.3, 0.4) is 0 Å². The smallest absolute Gasteiger partial charge is 0.305 e. The van der Waals surface area contributed by atoms with E-state index in [4.69, 9.17) is 9.47 Å². The van der Waals surface area contributed by atoms with E-state index >= 15 is 0 Å². The number of rotatable bonds is 28. The van der Waals surface area contributed by atoms with Crippen LogP contribution in [0, 0.1) is 17.3 Å². The van der Waals surface area contributed by atoms with Crippen LogP contribution in [-0.4, -0.2) is 36.4 Å². The molecule has 1 unspecified atom stereocenters. The Morgan fingerprint density at radius 2 is 1.09 bits per heavy atom. The molecule has 0 aliphatic heterocycles. The standard InChI is InChI=1S/C38H70O5/c1-3-5-11-17-33(18-12-6-4-2)26-31-42-36(40)21-15-9-7-8-13-19-35(39)20-14-10-16-22-37(41)43-32-30-38-27-23-34(24-28-38)25-29-38/h33-35,39H,3-32H2,1-2H3. The van der Waals surface area contributed by atoms with Gasteiger partial charge in [-0.15, -0.1) is 0 Å². The van der Waals surface area contributed by atoms with Crippen molar-refractivity contribution in [3.63, 3.8) is 0 Å². The third-order valence-corrected chi connectivity index (χ3v) is 10.7. The number of aliphatic hydroxyl groups is 1. The Bertz CT molecular complexity index is 675. The van der Waals surface area contributed by atoms with Crippen molar-refractivity contribution in [1.82, 2.24) is 0 Å². The highest BCUT2D eigenvalue weighted by Crippen LogP contribution is 2.52. The van der Waals surface area contributed by atoms with Crippen molar-refractivity contribution in [3.05, 3.63) is 0 Å². The minimum atomic E-state index is -0.237. The predicted octanol–water partition coefficient (Wildman–Crippen LogP) is 10.6. The second-order valence-electron chi connectivity index (χ2n) is 14.4. The molecule has 252 valence electrons. The minimum absolute atomic E-state index is 0.0320. The maximum absolute atomic E-state index is 12.2. The molecule has 0 aromatic heterocycles. The normalized spacial score (nSPS) is 20.4. The van der Waals surface area contributed by atoms with Gasteiger partial charge >= 0.3 is 11.9 Å². The molecule has 0 amide bonds. The van der Waals surface area contributed by atoms with Crippen molar-refractivity contribution in [2.24, 2.45) is 17.3 Å². The topological polar surface area (TPSA) is 72.8 Å². The van der Waals surface area contributed by atoms with E-state index in [0.29, 0.717) is 37.4 Å². The van der Waals surface area contributed by atoms with Crippen LogP contribution >= 0.6 is 0 Å². The number of carbonyl (C=O) groups excluding carboxylic acids is 2. The predicted molar refractivity (Wildman–Crippen MR) is 178 cm³/mol. The fourth-order valence-corrected chi connectivity index (χ4v) is 7.53. The molecule has 5 heteroatoms. The lowest BCUT2D eigenvalue weighted by molar-refractivity contribution is -0.145. The van der Waals surface area contributed by atoms with Crippen LogP contribution in [0.5, 0.6) is 0 Å². The molecule has 0 aromatic carbocycles. The van der Waals surface area contributed by atoms with Gasteiger partial charge in [-0.2, -0.15) is 0 Å². The van der Waals surface area contributed by atoms with Crippen LogP contribution in [0.15, 0.2) is 0 Å². The molecule has 43 heavy (non-hydrogen) atoms. The van der Waals surface area contributed by atoms with Gasteiger partial charge in [0.15, 0.2) is 0 Å². The lowest BCUT2D eigenvalue weighted by Gasteiger charge is -2.46. The van der Waals surface area contributed by atoms with Gasteiger partial charge in [-0.25, -0.2) is 0 Å². The SMILES string of the molecule is CCCCCC(CCCCC)CCOC(=O)CCCCCCCC(O)CCCCCC(=O)OCCC12CCC(CC1)CC2. The largest absolute Gasteiger partial charge is 0.466 e. The van der Waals surface area contributed by atoms with E-state index in [1.807, 2.05) is 0 Å². The zero-order chi connectivity index (χ0) is 31.0. The first-order valence-electron chi connectivity index (χ1n) is 19.0. The highest BCUT2D eigenvalue weighted by atomic mass is 16.5. The molecule has 1 N–H and O–H groups in total. The van der Waals surface area contributed by atoms with Gasteiger partial charge < -0.3 is 14.6 Å². The zero-order valence-corrected chi connectivity index (χ0v) is 28.5. The molecule has 3 fully saturated rings. The first kappa shape index (κ1) is 38.1. The number of carbonyl (C=O) groups is 2. The Balaban J connectivity index is 1.35. The average molecular weight is 607 g/mol. The summed E-state index contributed by atoms with van der Waals surface area (Å²) >= 11 is 0. The van der Waals surface area contributed by atoms with E-state index < -0.39 is 0 Å². The lowest BCUT2D eigenvalue weighted by atomic mass is 9.59. The summed E-state index contributed by atoms with van der Waals surface area (Å²) in [5.74, 6) is 1.61. The maximum Gasteiger partial charge on any atom is 0.305 e. The first-order valence-corrected chi connectivity index (χ1v) is 19.0. The molecule has 3 saturated carbocycles. The van der Waals surface area contributed by atoms with E-state index in [2.05, 4.69) is 13.8 Å². The van der Waals surface area contributed by atoms with E-state index in [0.717, 1.165) is 83.0 Å². The van der Waals surface area contributed by atoms with Crippen LogP contribution in [0.25, 0.3) is 0 Å². The van der Waals surface area contributed by atoms with Crippen molar-refractivity contribution in [2.75, 3.05) is 13.2 Å². The van der Waals surface area contributed by atoms with E-state index in [1.165, 1.54) is 89.9 Å². The molecular weight excluding hydrogens is 536 g/mol. The molecule has 0 heterocycles. The number of hydrogen-bond donors (Lipinski definition) is 1. The van der Waals surface area contributed by atoms with Crippen LogP contribution < -0.4 is 0 Å². The Morgan fingerprint density at radius 3 is 1.65 bits per heavy atom. The Labute approximate surface area is 266 Å². The first-order chi connectivity index (χ1) is 21.0. The summed E-state index contributed by atoms with van der Waals surface area (Å²) in [6.45, 7) is 5.70. The molecule has 3 aliphatic rings. The quantitative estimate of drug-likeness (QED) is 0.0708. The lowest BCUT2D eigenvalue weighted by Crippen LogP contribution is -2.35. The van der Waals surface area contributed by atoms with E-state index in [9.17, 15) is 14.7 Å². The Kier molecular flexibility index (Phi) is 21.4. The van der Waals surface area contributed by atoms with Crippen LogP contribution in [0.1, 0.15) is 194 Å². The Hall–Kier alpha value is -1.10. The molecule has 5 nitrogen and oxygen atoms in total. The average Bonchev–Trinajstić information content (AvgIpc) is 3.01. The monoisotopic (exact) mass is 607 g/mol. The maximum atomic E-state index is 12.2. The van der Waals surface area contributed by atoms with Gasteiger partial charge in [-0.1, -0.05) is 104 Å². The van der Waals surface area contributed by atoms with Gasteiger partial charge in [0.1, 0.15) is 0 Å². The highest BCUT2D eigenvalue weighted by molar-refractivity contribution is 5.69. The summed E-state index contributed by atoms with van der Waals surface area (Å²) in [5, 5.41) is 10.3. The van der Waals surface area contributed by atoms with Gasteiger partial charge in [0.05, 0.1) is 19.3 Å². The van der Waals surface area contributed by atoms with Gasteiger partial charge in [0, 0.05) is 12.8 Å². The third-order valence-electron chi connectivity index (χ3n) is 10.7. The Morgan fingerprint density at radius 1 is 0.628 bits per heavy atom. The number of unbranched alkanes of at least 4 members (excludes halogenated alkanes) is 10. The van der Waals surface area contributed by atoms with Crippen molar-refractivity contribution in [1.29, 1.82) is 0 Å². The molecule has 3 aliphatic carbocycles. The van der Waals surface area contributed by atoms with E-state index in [1.54, 1.807) is 0 Å². The molecule has 0 saturated heterocycles. The van der Waals surface area contributed by atoms with Crippen molar-refractivity contribution < 1.29 is 24.2 Å². The van der Waals surface area contributed by atoms with E-state index in [-0.39, 0.29) is 18.0 Å². The summed E-state index contributed by atoms with van der Waals surface area (Å²) in [6.07, 6.45) is 31.1. The van der Waals surface area contributed by atoms with Crippen molar-refractivity contribution >= 4 is 11.9 Å². The van der Waals surface area contributed by atoms with Gasteiger partial charge in [0.2, 0.25) is 0 Å². The van der Waals surface area contributed by atoms with Crippen LogP contribution in [0.2, 0.25) is 0 Å². The molecule has 0 radical (unpaired) electrons. The fraction of sp³-hybridized carbons (Fsp3) is 0.947. The number of hydrogen-bond acceptors (Lipinski definition) is 5. The molecule has 0 spiro atoms. The van der Waals surface area contributed by atoms with Crippen molar-refractivity contribution in [3.8, 4) is 0 Å². The summed E-state index contributed by atoms with van der Waals surface area (Å²) < 4.78 is 11.1. The van der Waals surface area contributed by atoms with Gasteiger partial charge in [-0.3, -0.25) is 9.59 Å². The van der Waals surface area contributed by atoms with Crippen molar-refractivity contribution in [2.45, 2.75) is 200 Å². The third kappa shape index (κ3) is 18.5. The summed E-state index contributed by atoms with van der Waals surface area (Å²) in [6, 6.07) is 0. The summed E-state index contributed by atoms with van der Waals surface area (Å²) in [4.78, 5) is 24.3. The van der Waals surface area contributed by atoms with Crippen LogP contribution in [-0.2, 0) is 19.1 Å². The fourth-order valence-electron chi connectivity index (χ4n) is 7.53. The molecule has 2 bridgehead atoms. The van der Waals surface area contributed by atoms with Gasteiger partial charge in [0.25, 0.3) is 0 Å². The molecule has 3 rings (SSSR count). The molecular formula is C38H70O5. The zero-order valence-electron chi connectivity index (χ0n) is 28.5. The summed E-state index contributed by atoms with van der Waals surface area (Å²) in [5.41, 5.74) is 0.476. The van der Waals surface area contributed by atoms with Crippen LogP contribution in [0.4, 0.5) is 0 Å². The number of ether oxygens (including phenoxy) is 2. The summed E-state index contributed by atoms with van der Waals surface area (Å²) in [7, 11) is 0. The van der Waals surface area contributed by atoms with Gasteiger partial charge in [-0.05, 0) is 94.3 Å². The minimum Gasteiger partial charge on any atom is -0.466 e. The second-order valence-corrected chi connectivity index (χ2v) is 14.4. The number of aliphatic hydroxyl groups excluding tert-OH is 1. The number of fused-ring (bicyclic) bond motifs is 3. The highest BCUT2D eigenvalue weighted by Gasteiger charge is 2.39. The molecule has 1 atom stereocenters. The molecule has 0 aromatic rings.